The Kier molecular flexibility index (Phi) is 7.19. The monoisotopic (exact) mass is 418 g/mol. The molecule has 0 radical (unpaired) electrons. The number of alkyl halides is 3. The number of amides is 1. The highest BCUT2D eigenvalue weighted by Gasteiger charge is 2.38. The van der Waals surface area contributed by atoms with Gasteiger partial charge in [0, 0.05) is 25.8 Å². The van der Waals surface area contributed by atoms with Gasteiger partial charge in [-0.05, 0) is 36.5 Å². The van der Waals surface area contributed by atoms with Gasteiger partial charge in [0.15, 0.2) is 0 Å². The van der Waals surface area contributed by atoms with Crippen LogP contribution >= 0.6 is 11.3 Å². The maximum atomic E-state index is 12.3. The minimum atomic E-state index is -5.08. The minimum Gasteiger partial charge on any atom is -0.475 e. The second-order valence-electron chi connectivity index (χ2n) is 6.51. The van der Waals surface area contributed by atoms with Crippen molar-refractivity contribution in [3.8, 4) is 0 Å². The number of carbonyl (C=O) groups is 2. The predicted octanol–water partition coefficient (Wildman–Crippen LogP) is 2.22. The summed E-state index contributed by atoms with van der Waals surface area (Å²) in [5, 5.41) is 11.2. The van der Waals surface area contributed by atoms with Crippen LogP contribution in [0.2, 0.25) is 0 Å². The fourth-order valence-corrected chi connectivity index (χ4v) is 3.27. The third-order valence-electron chi connectivity index (χ3n) is 3.86. The zero-order valence-corrected chi connectivity index (χ0v) is 16.3. The third kappa shape index (κ3) is 6.34. The summed E-state index contributed by atoms with van der Waals surface area (Å²) in [6, 6.07) is 2.02. The van der Waals surface area contributed by atoms with E-state index in [0.29, 0.717) is 13.0 Å². The molecule has 1 aliphatic rings. The minimum absolute atomic E-state index is 0.191. The SMILES string of the molecule is CN(C)Cc1cn2c(n1)CN(C(=O)Cc1ccsc1)CC2.O=C(O)C(F)(F)F. The van der Waals surface area contributed by atoms with Crippen LogP contribution in [0.3, 0.4) is 0 Å². The first-order chi connectivity index (χ1) is 13.1. The Morgan fingerprint density at radius 3 is 2.54 bits per heavy atom. The number of hydrogen-bond donors (Lipinski definition) is 1. The molecule has 0 unspecified atom stereocenters. The van der Waals surface area contributed by atoms with E-state index < -0.39 is 12.1 Å². The van der Waals surface area contributed by atoms with Crippen LogP contribution in [0.25, 0.3) is 0 Å². The lowest BCUT2D eigenvalue weighted by Gasteiger charge is -2.27. The summed E-state index contributed by atoms with van der Waals surface area (Å²) in [5.74, 6) is -1.57. The molecule has 0 saturated heterocycles. The summed E-state index contributed by atoms with van der Waals surface area (Å²) in [6.07, 6.45) is -2.48. The summed E-state index contributed by atoms with van der Waals surface area (Å²) in [4.78, 5) is 29.9. The van der Waals surface area contributed by atoms with Crippen LogP contribution in [0.5, 0.6) is 0 Å². The normalized spacial score (nSPS) is 13.7. The number of rotatable bonds is 4. The zero-order chi connectivity index (χ0) is 20.9. The summed E-state index contributed by atoms with van der Waals surface area (Å²) in [6.45, 7) is 3.07. The third-order valence-corrected chi connectivity index (χ3v) is 4.59. The highest BCUT2D eigenvalue weighted by Crippen LogP contribution is 2.16. The van der Waals surface area contributed by atoms with Gasteiger partial charge < -0.3 is 19.5 Å². The summed E-state index contributed by atoms with van der Waals surface area (Å²) < 4.78 is 33.9. The topological polar surface area (TPSA) is 78.7 Å². The lowest BCUT2D eigenvalue weighted by atomic mass is 10.2. The van der Waals surface area contributed by atoms with Crippen LogP contribution < -0.4 is 0 Å². The molecule has 1 amide bonds. The molecule has 2 aromatic heterocycles. The van der Waals surface area contributed by atoms with Crippen molar-refractivity contribution >= 4 is 23.2 Å². The number of carboxylic acids is 1. The van der Waals surface area contributed by atoms with Gasteiger partial charge in [0.1, 0.15) is 5.82 Å². The number of nitrogens with zero attached hydrogens (tertiary/aromatic N) is 4. The number of halogens is 3. The average Bonchev–Trinajstić information content (AvgIpc) is 3.21. The number of fused-ring (bicyclic) bond motifs is 1. The molecule has 0 fully saturated rings. The summed E-state index contributed by atoms with van der Waals surface area (Å²) in [7, 11) is 4.07. The van der Waals surface area contributed by atoms with E-state index in [9.17, 15) is 18.0 Å². The molecule has 154 valence electrons. The van der Waals surface area contributed by atoms with Gasteiger partial charge in [-0.3, -0.25) is 4.79 Å². The van der Waals surface area contributed by atoms with E-state index in [1.807, 2.05) is 35.8 Å². The molecule has 0 bridgehead atoms. The first-order valence-corrected chi connectivity index (χ1v) is 9.29. The molecular weight excluding hydrogens is 397 g/mol. The first kappa shape index (κ1) is 21.9. The van der Waals surface area contributed by atoms with Crippen molar-refractivity contribution in [2.45, 2.75) is 32.2 Å². The highest BCUT2D eigenvalue weighted by molar-refractivity contribution is 7.08. The average molecular weight is 418 g/mol. The van der Waals surface area contributed by atoms with Crippen molar-refractivity contribution in [1.29, 1.82) is 0 Å². The molecule has 11 heteroatoms. The molecule has 0 aromatic carbocycles. The Labute approximate surface area is 164 Å². The van der Waals surface area contributed by atoms with Crippen LogP contribution in [-0.4, -0.2) is 63.2 Å². The molecule has 0 atom stereocenters. The first-order valence-electron chi connectivity index (χ1n) is 8.35. The smallest absolute Gasteiger partial charge is 0.475 e. The number of carbonyl (C=O) groups excluding carboxylic acids is 1. The molecule has 1 aliphatic heterocycles. The van der Waals surface area contributed by atoms with Crippen molar-refractivity contribution in [3.63, 3.8) is 0 Å². The van der Waals surface area contributed by atoms with Gasteiger partial charge in [-0.25, -0.2) is 9.78 Å². The van der Waals surface area contributed by atoms with E-state index >= 15 is 0 Å². The lowest BCUT2D eigenvalue weighted by Crippen LogP contribution is -2.39. The van der Waals surface area contributed by atoms with Crippen LogP contribution in [0.4, 0.5) is 13.2 Å². The maximum Gasteiger partial charge on any atom is 0.490 e. The Morgan fingerprint density at radius 2 is 2.00 bits per heavy atom. The number of carboxylic acid groups (broad SMARTS) is 1. The van der Waals surface area contributed by atoms with Crippen LogP contribution in [0.1, 0.15) is 17.1 Å². The second-order valence-corrected chi connectivity index (χ2v) is 7.29. The van der Waals surface area contributed by atoms with E-state index in [0.717, 1.165) is 36.7 Å². The van der Waals surface area contributed by atoms with Gasteiger partial charge in [-0.15, -0.1) is 0 Å². The van der Waals surface area contributed by atoms with Gasteiger partial charge in [0.2, 0.25) is 5.91 Å². The number of aliphatic carboxylic acids is 1. The maximum absolute atomic E-state index is 12.3. The molecule has 28 heavy (non-hydrogen) atoms. The van der Waals surface area contributed by atoms with Crippen LogP contribution in [0, 0.1) is 0 Å². The van der Waals surface area contributed by atoms with Gasteiger partial charge in [0.05, 0.1) is 18.7 Å². The van der Waals surface area contributed by atoms with Crippen molar-refractivity contribution in [2.75, 3.05) is 20.6 Å². The largest absolute Gasteiger partial charge is 0.490 e. The second kappa shape index (κ2) is 9.20. The number of thiophene rings is 1. The Morgan fingerprint density at radius 1 is 1.32 bits per heavy atom. The van der Waals surface area contributed by atoms with Gasteiger partial charge >= 0.3 is 12.1 Å². The molecular formula is C17H21F3N4O3S. The molecule has 3 rings (SSSR count). The quantitative estimate of drug-likeness (QED) is 0.824. The molecule has 2 aromatic rings. The number of imidazole rings is 1. The molecule has 3 heterocycles. The van der Waals surface area contributed by atoms with Gasteiger partial charge in [-0.2, -0.15) is 24.5 Å². The summed E-state index contributed by atoms with van der Waals surface area (Å²) >= 11 is 1.63. The molecule has 0 aliphatic carbocycles. The number of aromatic nitrogens is 2. The Balaban J connectivity index is 0.000000345. The zero-order valence-electron chi connectivity index (χ0n) is 15.4. The van der Waals surface area contributed by atoms with Crippen molar-refractivity contribution < 1.29 is 27.9 Å². The molecule has 0 spiro atoms. The summed E-state index contributed by atoms with van der Waals surface area (Å²) in [5.41, 5.74) is 2.18. The van der Waals surface area contributed by atoms with Crippen molar-refractivity contribution in [3.05, 3.63) is 40.1 Å². The fourth-order valence-electron chi connectivity index (χ4n) is 2.60. The Hall–Kier alpha value is -2.40. The standard InChI is InChI=1S/C15H20N4OS.C2HF3O2/c1-17(2)8-13-9-18-4-5-19(10-14(18)16-13)15(20)7-12-3-6-21-11-12;3-2(4,5)1(6)7/h3,6,9,11H,4-5,7-8,10H2,1-2H3;(H,6,7). The highest BCUT2D eigenvalue weighted by atomic mass is 32.1. The molecule has 0 saturated carbocycles. The van der Waals surface area contributed by atoms with Crippen molar-refractivity contribution in [2.24, 2.45) is 0 Å². The van der Waals surface area contributed by atoms with Crippen molar-refractivity contribution in [1.82, 2.24) is 19.4 Å². The van der Waals surface area contributed by atoms with Crippen LogP contribution in [-0.2, 0) is 35.6 Å². The van der Waals surface area contributed by atoms with E-state index in [4.69, 9.17) is 9.90 Å². The predicted molar refractivity (Wildman–Crippen MR) is 96.7 cm³/mol. The van der Waals surface area contributed by atoms with E-state index in [2.05, 4.69) is 20.6 Å². The van der Waals surface area contributed by atoms with Gasteiger partial charge in [0.25, 0.3) is 0 Å². The number of hydrogen-bond acceptors (Lipinski definition) is 5. The fraction of sp³-hybridized carbons (Fsp3) is 0.471. The molecule has 7 nitrogen and oxygen atoms in total. The van der Waals surface area contributed by atoms with Gasteiger partial charge in [-0.1, -0.05) is 0 Å². The Bertz CT molecular complexity index is 803. The molecule has 1 N–H and O–H groups in total. The lowest BCUT2D eigenvalue weighted by molar-refractivity contribution is -0.192. The van der Waals surface area contributed by atoms with E-state index in [1.165, 1.54) is 0 Å². The van der Waals surface area contributed by atoms with E-state index in [-0.39, 0.29) is 5.91 Å². The van der Waals surface area contributed by atoms with Crippen LogP contribution in [0.15, 0.2) is 23.0 Å². The van der Waals surface area contributed by atoms with E-state index in [1.54, 1.807) is 11.3 Å².